The first-order valence-electron chi connectivity index (χ1n) is 4.03. The van der Waals surface area contributed by atoms with E-state index in [0.717, 1.165) is 4.48 Å². The molecule has 78 valence electrons. The summed E-state index contributed by atoms with van der Waals surface area (Å²) in [6, 6.07) is 0. The maximum Gasteiger partial charge on any atom is 0.351 e. The molecule has 0 saturated heterocycles. The Morgan fingerprint density at radius 2 is 1.77 bits per heavy atom. The summed E-state index contributed by atoms with van der Waals surface area (Å²) in [6.45, 7) is 8.17. The Morgan fingerprint density at radius 1 is 1.46 bits per heavy atom. The largest absolute Gasteiger partial charge is 0.351 e. The summed E-state index contributed by atoms with van der Waals surface area (Å²) in [5, 5.41) is 0. The number of rotatable bonds is 2. The summed E-state index contributed by atoms with van der Waals surface area (Å²) >= 11 is 4.64. The van der Waals surface area contributed by atoms with Crippen molar-refractivity contribution in [3.05, 3.63) is 12.2 Å². The third kappa shape index (κ3) is 14.3. The summed E-state index contributed by atoms with van der Waals surface area (Å²) in [4.78, 5) is 10.1. The molecule has 0 saturated carbocycles. The monoisotopic (exact) mass is 208 g/mol. The van der Waals surface area contributed by atoms with Gasteiger partial charge in [-0.1, -0.05) is 6.58 Å². The first-order valence-corrected chi connectivity index (χ1v) is 4.34. The fourth-order valence-corrected chi connectivity index (χ4v) is 0.198. The van der Waals surface area contributed by atoms with Crippen molar-refractivity contribution >= 4 is 17.8 Å². The Morgan fingerprint density at radius 3 is 1.77 bits per heavy atom. The van der Waals surface area contributed by atoms with E-state index in [9.17, 15) is 4.79 Å². The molecule has 0 aromatic heterocycles. The van der Waals surface area contributed by atoms with Crippen molar-refractivity contribution in [1.29, 1.82) is 0 Å². The molecule has 0 aromatic rings. The van der Waals surface area contributed by atoms with E-state index in [-0.39, 0.29) is 0 Å². The quantitative estimate of drug-likeness (QED) is 0.513. The molecule has 0 unspecified atom stereocenters. The summed E-state index contributed by atoms with van der Waals surface area (Å²) in [5.41, 5.74) is 0.301. The lowest BCUT2D eigenvalue weighted by Gasteiger charge is -2.20. The predicted octanol–water partition coefficient (Wildman–Crippen LogP) is 1.97. The topological polar surface area (TPSA) is 26.3 Å². The lowest BCUT2D eigenvalue weighted by atomic mass is 10.4. The SMILES string of the molecule is C=C(C)C(=O)OCl.CC[N+](C)(C)C. The van der Waals surface area contributed by atoms with Crippen LogP contribution in [-0.4, -0.2) is 38.1 Å². The lowest BCUT2D eigenvalue weighted by Crippen LogP contribution is -2.33. The Balaban J connectivity index is 0. The molecule has 0 atom stereocenters. The molecule has 0 amide bonds. The molecule has 0 aliphatic rings. The Bertz CT molecular complexity index is 173. The molecule has 0 rings (SSSR count). The minimum Gasteiger partial charge on any atom is -0.343 e. The zero-order chi connectivity index (χ0) is 11.1. The van der Waals surface area contributed by atoms with Crippen molar-refractivity contribution < 1.29 is 13.6 Å². The molecule has 0 heterocycles. The van der Waals surface area contributed by atoms with Gasteiger partial charge in [0.2, 0.25) is 0 Å². The minimum absolute atomic E-state index is 0.301. The highest BCUT2D eigenvalue weighted by Crippen LogP contribution is 1.92. The molecule has 0 bridgehead atoms. The molecule has 0 N–H and O–H groups in total. The Labute approximate surface area is 85.7 Å². The third-order valence-electron chi connectivity index (χ3n) is 1.37. The molecule has 4 heteroatoms. The highest BCUT2D eigenvalue weighted by molar-refractivity contribution is 6.15. The van der Waals surface area contributed by atoms with E-state index in [0.29, 0.717) is 5.57 Å². The fourth-order valence-electron chi connectivity index (χ4n) is 0.0659. The average Bonchev–Trinajstić information content (AvgIpc) is 2.02. The smallest absolute Gasteiger partial charge is 0.343 e. The molecular weight excluding hydrogens is 190 g/mol. The summed E-state index contributed by atoms with van der Waals surface area (Å²) in [5.74, 6) is -0.582. The van der Waals surface area contributed by atoms with Gasteiger partial charge in [-0.3, -0.25) is 0 Å². The molecule has 0 fully saturated rings. The van der Waals surface area contributed by atoms with Crippen molar-refractivity contribution in [3.8, 4) is 0 Å². The van der Waals surface area contributed by atoms with E-state index >= 15 is 0 Å². The van der Waals surface area contributed by atoms with Gasteiger partial charge in [-0.25, -0.2) is 4.79 Å². The standard InChI is InChI=1S/C5H14N.C4H5ClO2/c1-5-6(2,3)4;1-3(2)4(6)7-5/h5H2,1-4H3;1H2,2H3/q+1;. The van der Waals surface area contributed by atoms with Crippen LogP contribution in [0.5, 0.6) is 0 Å². The first-order chi connectivity index (χ1) is 5.74. The molecule has 0 aliphatic heterocycles. The lowest BCUT2D eigenvalue weighted by molar-refractivity contribution is -0.868. The predicted molar refractivity (Wildman–Crippen MR) is 55.3 cm³/mol. The van der Waals surface area contributed by atoms with E-state index in [4.69, 9.17) is 0 Å². The van der Waals surface area contributed by atoms with Gasteiger partial charge in [-0.2, -0.15) is 0 Å². The van der Waals surface area contributed by atoms with Gasteiger partial charge in [0.1, 0.15) is 11.9 Å². The van der Waals surface area contributed by atoms with Crippen LogP contribution >= 0.6 is 11.9 Å². The van der Waals surface area contributed by atoms with Crippen molar-refractivity contribution in [1.82, 2.24) is 0 Å². The second-order valence-electron chi connectivity index (χ2n) is 3.75. The van der Waals surface area contributed by atoms with Crippen LogP contribution in [0.2, 0.25) is 0 Å². The van der Waals surface area contributed by atoms with Gasteiger partial charge in [0, 0.05) is 5.57 Å². The van der Waals surface area contributed by atoms with Crippen molar-refractivity contribution in [2.24, 2.45) is 0 Å². The van der Waals surface area contributed by atoms with Crippen LogP contribution < -0.4 is 0 Å². The third-order valence-corrected chi connectivity index (χ3v) is 1.51. The maximum atomic E-state index is 10.1. The molecule has 0 aliphatic carbocycles. The van der Waals surface area contributed by atoms with Gasteiger partial charge in [0.05, 0.1) is 27.7 Å². The van der Waals surface area contributed by atoms with Crippen molar-refractivity contribution in [2.45, 2.75) is 13.8 Å². The number of hydrogen-bond donors (Lipinski definition) is 0. The number of carbonyl (C=O) groups excluding carboxylic acids is 1. The van der Waals surface area contributed by atoms with Crippen LogP contribution in [0.15, 0.2) is 12.2 Å². The Kier molecular flexibility index (Phi) is 7.96. The minimum atomic E-state index is -0.582. The highest BCUT2D eigenvalue weighted by atomic mass is 35.5. The number of hydrogen-bond acceptors (Lipinski definition) is 2. The van der Waals surface area contributed by atoms with Gasteiger partial charge in [0.25, 0.3) is 0 Å². The summed E-state index contributed by atoms with van der Waals surface area (Å²) in [7, 11) is 6.54. The molecule has 0 spiro atoms. The van der Waals surface area contributed by atoms with Crippen molar-refractivity contribution in [2.75, 3.05) is 27.7 Å². The van der Waals surface area contributed by atoms with E-state index in [1.807, 2.05) is 0 Å². The molecule has 0 aromatic carbocycles. The Hall–Kier alpha value is -0.540. The van der Waals surface area contributed by atoms with Crippen LogP contribution in [0.4, 0.5) is 0 Å². The maximum absolute atomic E-state index is 10.1. The van der Waals surface area contributed by atoms with E-state index in [1.165, 1.54) is 13.5 Å². The fraction of sp³-hybridized carbons (Fsp3) is 0.667. The second-order valence-corrected chi connectivity index (χ2v) is 3.91. The van der Waals surface area contributed by atoms with E-state index in [1.54, 1.807) is 0 Å². The van der Waals surface area contributed by atoms with Crippen molar-refractivity contribution in [3.63, 3.8) is 0 Å². The molecule has 3 nitrogen and oxygen atoms in total. The molecule has 13 heavy (non-hydrogen) atoms. The number of nitrogens with zero attached hydrogens (tertiary/aromatic N) is 1. The van der Waals surface area contributed by atoms with Gasteiger partial charge < -0.3 is 8.77 Å². The number of quaternary nitrogens is 1. The van der Waals surface area contributed by atoms with Crippen LogP contribution in [0.3, 0.4) is 0 Å². The van der Waals surface area contributed by atoms with Crippen LogP contribution in [0.25, 0.3) is 0 Å². The summed E-state index contributed by atoms with van der Waals surface area (Å²) < 4.78 is 4.81. The van der Waals surface area contributed by atoms with Gasteiger partial charge in [-0.15, -0.1) is 0 Å². The first kappa shape index (κ1) is 15.0. The van der Waals surface area contributed by atoms with E-state index < -0.39 is 5.97 Å². The molecular formula is C9H19ClNO2+. The van der Waals surface area contributed by atoms with Gasteiger partial charge in [0.15, 0.2) is 0 Å². The highest BCUT2D eigenvalue weighted by Gasteiger charge is 1.98. The van der Waals surface area contributed by atoms with E-state index in [2.05, 4.69) is 50.8 Å². The van der Waals surface area contributed by atoms with Crippen LogP contribution in [-0.2, 0) is 9.08 Å². The summed E-state index contributed by atoms with van der Waals surface area (Å²) in [6.07, 6.45) is 0. The zero-order valence-electron chi connectivity index (χ0n) is 9.06. The molecule has 0 radical (unpaired) electrons. The average molecular weight is 209 g/mol. The van der Waals surface area contributed by atoms with Gasteiger partial charge >= 0.3 is 5.97 Å². The normalized spacial score (nSPS) is 9.69. The number of halogens is 1. The number of carbonyl (C=O) groups is 1. The van der Waals surface area contributed by atoms with Crippen LogP contribution in [0, 0.1) is 0 Å². The van der Waals surface area contributed by atoms with Gasteiger partial charge in [-0.05, 0) is 13.8 Å². The van der Waals surface area contributed by atoms with Crippen LogP contribution in [0.1, 0.15) is 13.8 Å². The second kappa shape index (κ2) is 6.92. The zero-order valence-corrected chi connectivity index (χ0v) is 9.81.